The molecule has 1 N–H and O–H groups in total. The number of ether oxygens (including phenoxy) is 2. The Morgan fingerprint density at radius 2 is 1.69 bits per heavy atom. The molecule has 182 valence electrons. The van der Waals surface area contributed by atoms with Gasteiger partial charge in [0.1, 0.15) is 22.9 Å². The molecular weight excluding hydrogens is 494 g/mol. The first-order valence-corrected chi connectivity index (χ1v) is 12.6. The highest BCUT2D eigenvalue weighted by molar-refractivity contribution is 7.15. The topological polar surface area (TPSA) is 64.6 Å². The van der Waals surface area contributed by atoms with E-state index in [1.54, 1.807) is 25.1 Å². The molecule has 5 nitrogen and oxygen atoms in total. The Kier molecular flexibility index (Phi) is 8.55. The first-order chi connectivity index (χ1) is 17.5. The molecule has 0 fully saturated rings. The van der Waals surface area contributed by atoms with Crippen molar-refractivity contribution in [3.63, 3.8) is 0 Å². The van der Waals surface area contributed by atoms with Crippen LogP contribution in [0.4, 0.5) is 5.00 Å². The van der Waals surface area contributed by atoms with Gasteiger partial charge in [0.05, 0.1) is 6.61 Å². The van der Waals surface area contributed by atoms with Gasteiger partial charge >= 0.3 is 5.97 Å². The maximum absolute atomic E-state index is 12.7. The molecule has 3 aromatic carbocycles. The van der Waals surface area contributed by atoms with E-state index in [1.807, 2.05) is 72.1 Å². The number of benzene rings is 3. The van der Waals surface area contributed by atoms with Crippen LogP contribution in [-0.4, -0.2) is 18.5 Å². The maximum atomic E-state index is 12.7. The minimum Gasteiger partial charge on any atom is -0.489 e. The molecule has 4 rings (SSSR count). The quantitative estimate of drug-likeness (QED) is 0.185. The molecule has 0 unspecified atom stereocenters. The molecular formula is C29H24ClNO4S. The summed E-state index contributed by atoms with van der Waals surface area (Å²) in [5, 5.41) is 5.66. The van der Waals surface area contributed by atoms with Crippen molar-refractivity contribution in [3.05, 3.63) is 112 Å². The molecule has 0 atom stereocenters. The first-order valence-electron chi connectivity index (χ1n) is 11.3. The van der Waals surface area contributed by atoms with Gasteiger partial charge in [-0.2, -0.15) is 0 Å². The number of amides is 1. The van der Waals surface area contributed by atoms with Crippen LogP contribution in [0.15, 0.2) is 90.3 Å². The van der Waals surface area contributed by atoms with Crippen molar-refractivity contribution < 1.29 is 19.1 Å². The molecule has 1 aromatic heterocycles. The number of esters is 1. The Bertz CT molecular complexity index is 1350. The molecule has 4 aromatic rings. The van der Waals surface area contributed by atoms with Crippen molar-refractivity contribution in [3.8, 4) is 16.9 Å². The van der Waals surface area contributed by atoms with E-state index in [4.69, 9.17) is 21.1 Å². The molecule has 1 amide bonds. The second-order valence-corrected chi connectivity index (χ2v) is 9.06. The van der Waals surface area contributed by atoms with Crippen LogP contribution < -0.4 is 10.1 Å². The van der Waals surface area contributed by atoms with Gasteiger partial charge in [0.2, 0.25) is 5.91 Å². The van der Waals surface area contributed by atoms with E-state index in [9.17, 15) is 9.59 Å². The van der Waals surface area contributed by atoms with E-state index < -0.39 is 5.97 Å². The summed E-state index contributed by atoms with van der Waals surface area (Å²) in [5.74, 6) is -0.101. The molecule has 0 aliphatic rings. The Balaban J connectivity index is 1.43. The zero-order valence-corrected chi connectivity index (χ0v) is 21.1. The van der Waals surface area contributed by atoms with Crippen LogP contribution in [0, 0.1) is 0 Å². The van der Waals surface area contributed by atoms with Crippen LogP contribution in [0.3, 0.4) is 0 Å². The zero-order chi connectivity index (χ0) is 25.3. The van der Waals surface area contributed by atoms with Gasteiger partial charge in [0, 0.05) is 22.0 Å². The minimum absolute atomic E-state index is 0.229. The molecule has 0 saturated carbocycles. The van der Waals surface area contributed by atoms with Crippen LogP contribution in [0.25, 0.3) is 17.2 Å². The van der Waals surface area contributed by atoms with E-state index in [0.717, 1.165) is 22.4 Å². The van der Waals surface area contributed by atoms with Crippen molar-refractivity contribution in [1.82, 2.24) is 0 Å². The molecule has 1 heterocycles. The second-order valence-electron chi connectivity index (χ2n) is 7.75. The van der Waals surface area contributed by atoms with Crippen molar-refractivity contribution in [2.75, 3.05) is 11.9 Å². The lowest BCUT2D eigenvalue weighted by Crippen LogP contribution is -2.12. The third-order valence-corrected chi connectivity index (χ3v) is 6.37. The van der Waals surface area contributed by atoms with E-state index in [1.165, 1.54) is 17.4 Å². The molecule has 0 saturated heterocycles. The summed E-state index contributed by atoms with van der Waals surface area (Å²) in [6, 6.07) is 24.6. The lowest BCUT2D eigenvalue weighted by Gasteiger charge is -2.08. The maximum Gasteiger partial charge on any atom is 0.341 e. The van der Waals surface area contributed by atoms with Gasteiger partial charge < -0.3 is 14.8 Å². The number of carbonyl (C=O) groups is 2. The largest absolute Gasteiger partial charge is 0.489 e. The third kappa shape index (κ3) is 6.62. The molecule has 0 spiro atoms. The summed E-state index contributed by atoms with van der Waals surface area (Å²) in [6.07, 6.45) is 3.13. The van der Waals surface area contributed by atoms with Crippen molar-refractivity contribution in [2.24, 2.45) is 0 Å². The highest BCUT2D eigenvalue weighted by atomic mass is 35.5. The van der Waals surface area contributed by atoms with Gasteiger partial charge in [-0.05, 0) is 54.0 Å². The Morgan fingerprint density at radius 1 is 0.972 bits per heavy atom. The number of halogens is 1. The summed E-state index contributed by atoms with van der Waals surface area (Å²) in [5.41, 5.74) is 3.75. The van der Waals surface area contributed by atoms with Crippen LogP contribution in [0.2, 0.25) is 5.02 Å². The molecule has 7 heteroatoms. The monoisotopic (exact) mass is 517 g/mol. The molecule has 36 heavy (non-hydrogen) atoms. The van der Waals surface area contributed by atoms with Crippen molar-refractivity contribution >= 4 is 45.9 Å². The summed E-state index contributed by atoms with van der Waals surface area (Å²) >= 11 is 7.27. The van der Waals surface area contributed by atoms with Crippen LogP contribution in [0.1, 0.15) is 28.4 Å². The van der Waals surface area contributed by atoms with Gasteiger partial charge in [0.25, 0.3) is 0 Å². The number of carbonyl (C=O) groups excluding carboxylic acids is 2. The highest BCUT2D eigenvalue weighted by Gasteiger charge is 2.22. The third-order valence-electron chi connectivity index (χ3n) is 5.22. The van der Waals surface area contributed by atoms with Crippen molar-refractivity contribution in [1.29, 1.82) is 0 Å². The van der Waals surface area contributed by atoms with E-state index in [2.05, 4.69) is 5.32 Å². The summed E-state index contributed by atoms with van der Waals surface area (Å²) in [6.45, 7) is 2.46. The number of hydrogen-bond acceptors (Lipinski definition) is 5. The first kappa shape index (κ1) is 25.2. The van der Waals surface area contributed by atoms with Gasteiger partial charge in [-0.25, -0.2) is 4.79 Å². The number of nitrogens with one attached hydrogen (secondary N) is 1. The average Bonchev–Trinajstić information content (AvgIpc) is 3.31. The van der Waals surface area contributed by atoms with E-state index in [0.29, 0.717) is 27.8 Å². The zero-order valence-electron chi connectivity index (χ0n) is 19.6. The predicted octanol–water partition coefficient (Wildman–Crippen LogP) is 7.48. The highest BCUT2D eigenvalue weighted by Crippen LogP contribution is 2.36. The predicted molar refractivity (Wildman–Crippen MR) is 146 cm³/mol. The molecule has 0 aliphatic heterocycles. The Labute approximate surface area is 219 Å². The minimum atomic E-state index is -0.492. The van der Waals surface area contributed by atoms with Crippen molar-refractivity contribution in [2.45, 2.75) is 13.5 Å². The number of rotatable bonds is 9. The summed E-state index contributed by atoms with van der Waals surface area (Å²) in [7, 11) is 0. The molecule has 0 radical (unpaired) electrons. The van der Waals surface area contributed by atoms with E-state index >= 15 is 0 Å². The number of thiophene rings is 1. The van der Waals surface area contributed by atoms with Crippen LogP contribution in [-0.2, 0) is 16.1 Å². The standard InChI is InChI=1S/C29H24ClNO4S/c1-2-34-29(33)27-25(22-11-13-23(30)14-12-22)19-36-28(27)31-26(32)17-10-20-8-15-24(16-9-20)35-18-21-6-4-3-5-7-21/h3-17,19H,2,18H2,1H3,(H,31,32). The average molecular weight is 518 g/mol. The van der Waals surface area contributed by atoms with Gasteiger partial charge in [-0.3, -0.25) is 4.79 Å². The van der Waals surface area contributed by atoms with E-state index in [-0.39, 0.29) is 12.5 Å². The fraction of sp³-hybridized carbons (Fsp3) is 0.103. The second kappa shape index (κ2) is 12.2. The van der Waals surface area contributed by atoms with Gasteiger partial charge in [-0.1, -0.05) is 66.2 Å². The summed E-state index contributed by atoms with van der Waals surface area (Å²) < 4.78 is 11.0. The fourth-order valence-electron chi connectivity index (χ4n) is 3.44. The molecule has 0 bridgehead atoms. The smallest absolute Gasteiger partial charge is 0.341 e. The Morgan fingerprint density at radius 3 is 2.39 bits per heavy atom. The fourth-order valence-corrected chi connectivity index (χ4v) is 4.53. The number of hydrogen-bond donors (Lipinski definition) is 1. The van der Waals surface area contributed by atoms with Gasteiger partial charge in [-0.15, -0.1) is 11.3 Å². The normalized spacial score (nSPS) is 10.8. The summed E-state index contributed by atoms with van der Waals surface area (Å²) in [4.78, 5) is 25.4. The number of anilines is 1. The van der Waals surface area contributed by atoms with Crippen LogP contribution in [0.5, 0.6) is 5.75 Å². The van der Waals surface area contributed by atoms with Crippen LogP contribution >= 0.6 is 22.9 Å². The Hall–Kier alpha value is -3.87. The SMILES string of the molecule is CCOC(=O)c1c(-c2ccc(Cl)cc2)csc1NC(=O)C=Cc1ccc(OCc2ccccc2)cc1. The lowest BCUT2D eigenvalue weighted by molar-refractivity contribution is -0.111. The molecule has 0 aliphatic carbocycles. The lowest BCUT2D eigenvalue weighted by atomic mass is 10.0. The van der Waals surface area contributed by atoms with Gasteiger partial charge in [0.15, 0.2) is 0 Å².